The Hall–Kier alpha value is -7.45. The predicted molar refractivity (Wildman–Crippen MR) is 300 cm³/mol. The Morgan fingerprint density at radius 3 is 1.22 bits per heavy atom. The van der Waals surface area contributed by atoms with Crippen LogP contribution in [0, 0.1) is 11.8 Å². The Morgan fingerprint density at radius 1 is 0.444 bits per heavy atom. The van der Waals surface area contributed by atoms with Gasteiger partial charge in [-0.1, -0.05) is 34.1 Å². The van der Waals surface area contributed by atoms with E-state index in [1.165, 1.54) is 13.8 Å². The summed E-state index contributed by atoms with van der Waals surface area (Å²) in [5.41, 5.74) is 44.6. The average molecular weight is 1160 g/mol. The number of rotatable bonds is 42. The maximum atomic E-state index is 14.4. The van der Waals surface area contributed by atoms with E-state index in [4.69, 9.17) is 51.0 Å². The molecule has 0 aliphatic carbocycles. The third kappa shape index (κ3) is 30.1. The van der Waals surface area contributed by atoms with Gasteiger partial charge in [0.25, 0.3) is 0 Å². The van der Waals surface area contributed by atoms with Crippen molar-refractivity contribution in [3.05, 3.63) is 0 Å². The molecule has 0 bridgehead atoms. The molecule has 0 radical (unpaired) electrons. The van der Waals surface area contributed by atoms with Crippen LogP contribution in [0.25, 0.3) is 0 Å². The average Bonchev–Trinajstić information content (AvgIpc) is 3.40. The molecule has 0 aliphatic heterocycles. The lowest BCUT2D eigenvalue weighted by Crippen LogP contribution is -2.61. The van der Waals surface area contributed by atoms with Crippen LogP contribution in [0.5, 0.6) is 0 Å². The Kier molecular flexibility index (Phi) is 36.2. The van der Waals surface area contributed by atoms with Gasteiger partial charge in [0.15, 0.2) is 11.9 Å². The lowest BCUT2D eigenvalue weighted by Gasteiger charge is -2.30. The number of guanidine groups is 2. The number of hydrogen-bond donors (Lipinski definition) is 19. The van der Waals surface area contributed by atoms with Gasteiger partial charge in [0.1, 0.15) is 54.4 Å². The van der Waals surface area contributed by atoms with E-state index in [1.54, 1.807) is 27.7 Å². The van der Waals surface area contributed by atoms with Crippen LogP contribution in [-0.2, 0) is 52.7 Å². The molecule has 0 aliphatic rings. The van der Waals surface area contributed by atoms with Gasteiger partial charge in [-0.3, -0.25) is 62.7 Å². The van der Waals surface area contributed by atoms with Crippen LogP contribution in [0.2, 0.25) is 0 Å². The smallest absolute Gasteiger partial charge is 0.325 e. The maximum absolute atomic E-state index is 14.4. The number of aliphatic hydroxyl groups excluding tert-OH is 1. The Morgan fingerprint density at radius 2 is 0.815 bits per heavy atom. The first-order valence-electron chi connectivity index (χ1n) is 27.2. The van der Waals surface area contributed by atoms with Gasteiger partial charge in [-0.2, -0.15) is 0 Å². The number of hydrogen-bond acceptors (Lipinski definition) is 17. The van der Waals surface area contributed by atoms with Crippen molar-refractivity contribution in [1.82, 2.24) is 47.9 Å². The largest absolute Gasteiger partial charge is 0.480 e. The zero-order chi connectivity index (χ0) is 61.9. The SMILES string of the molecule is CC[C@H](C)[C@H](NC(=O)[C@H](CCCCN)NC(=O)[C@H](CCCCN)NC(=O)[C@@H](N)CCC(N)=O)C(=O)N[C@@H](CCCN=C(N)N)C(=O)N[C@H](C(=O)N[C@@H](CCCN=C(N)N)C(=O)N[C@@H](C)C(=O)N[C@@H](CO)C(=O)N[C@@H](C)C(=O)O)C(C)C. The molecule has 11 atom stereocenters. The number of aliphatic hydroxyl groups is 1. The molecule has 81 heavy (non-hydrogen) atoms. The number of unbranched alkanes of at least 4 members (excludes halogenated alkanes) is 2. The molecular formula is C49H93N19O13. The van der Waals surface area contributed by atoms with Gasteiger partial charge in [0.05, 0.1) is 12.6 Å². The molecule has 0 heterocycles. The predicted octanol–water partition coefficient (Wildman–Crippen LogP) is -6.87. The number of carbonyl (C=O) groups is 11. The summed E-state index contributed by atoms with van der Waals surface area (Å²) in [6, 6.07) is -13.4. The van der Waals surface area contributed by atoms with Gasteiger partial charge in [-0.25, -0.2) is 0 Å². The Labute approximate surface area is 472 Å². The summed E-state index contributed by atoms with van der Waals surface area (Å²) in [4.78, 5) is 154. The first kappa shape index (κ1) is 73.5. The van der Waals surface area contributed by atoms with E-state index in [9.17, 15) is 57.8 Å². The standard InChI is InChI=1S/C49H93N19O13/c1-7-26(4)37(68-43(76)31(15-9-11-21-51)63-41(74)30(14-8-10-20-50)62-39(72)29(52)18-19-35(53)70)46(79)65-33(17-13-23-59-49(56)57)42(75)67-36(25(2)3)45(78)64-32(16-12-22-58-48(54)55)40(73)60-27(5)38(71)66-34(24-69)44(77)61-28(6)47(80)81/h25-34,36-37,69H,7-24,50-52H2,1-6H3,(H2,53,70)(H,60,73)(H,61,77)(H,62,72)(H,63,74)(H,64,78)(H,65,79)(H,66,71)(H,67,75)(H,68,76)(H,80,81)(H4,54,55,58)(H4,56,57,59)/t26-,27-,28-,29-,30-,31-,32-,33-,34-,36-,37-/m0/s1. The van der Waals surface area contributed by atoms with Crippen LogP contribution in [0.1, 0.15) is 125 Å². The summed E-state index contributed by atoms with van der Waals surface area (Å²) in [5, 5.41) is 41.7. The minimum Gasteiger partial charge on any atom is -0.480 e. The topological polar surface area (TPSA) is 569 Å². The number of primary amides is 1. The number of nitrogens with one attached hydrogen (secondary N) is 9. The Bertz CT molecular complexity index is 2130. The summed E-state index contributed by atoms with van der Waals surface area (Å²) in [6.07, 6.45) is 2.04. The highest BCUT2D eigenvalue weighted by Crippen LogP contribution is 2.14. The third-order valence-electron chi connectivity index (χ3n) is 12.7. The number of aliphatic carboxylic acids is 1. The molecule has 0 fully saturated rings. The number of amides is 10. The molecule has 10 amide bonds. The molecule has 0 saturated carbocycles. The summed E-state index contributed by atoms with van der Waals surface area (Å²) in [6.45, 7) is 8.71. The highest BCUT2D eigenvalue weighted by atomic mass is 16.4. The molecule has 32 heteroatoms. The molecule has 0 aromatic heterocycles. The first-order valence-corrected chi connectivity index (χ1v) is 27.2. The van der Waals surface area contributed by atoms with Crippen LogP contribution in [0.3, 0.4) is 0 Å². The van der Waals surface area contributed by atoms with E-state index in [0.717, 1.165) is 0 Å². The monoisotopic (exact) mass is 1160 g/mol. The Balaban J connectivity index is 6.86. The normalized spacial score (nSPS) is 15.1. The van der Waals surface area contributed by atoms with Gasteiger partial charge >= 0.3 is 5.97 Å². The lowest BCUT2D eigenvalue weighted by atomic mass is 9.96. The quantitative estimate of drug-likeness (QED) is 0.0153. The third-order valence-corrected chi connectivity index (χ3v) is 12.7. The van der Waals surface area contributed by atoms with Crippen molar-refractivity contribution in [1.29, 1.82) is 0 Å². The molecule has 0 aromatic rings. The molecule has 0 spiro atoms. The second kappa shape index (κ2) is 39.8. The molecule has 32 nitrogen and oxygen atoms in total. The van der Waals surface area contributed by atoms with E-state index >= 15 is 0 Å². The molecular weight excluding hydrogens is 1060 g/mol. The van der Waals surface area contributed by atoms with Gasteiger partial charge in [0, 0.05) is 19.5 Å². The van der Waals surface area contributed by atoms with E-state index in [2.05, 4.69) is 57.8 Å². The van der Waals surface area contributed by atoms with Crippen molar-refractivity contribution in [2.75, 3.05) is 32.8 Å². The number of carboxylic acid groups (broad SMARTS) is 1. The van der Waals surface area contributed by atoms with Crippen molar-refractivity contribution in [3.8, 4) is 0 Å². The molecule has 0 unspecified atom stereocenters. The van der Waals surface area contributed by atoms with Crippen molar-refractivity contribution >= 4 is 77.0 Å². The number of aliphatic imine (C=N–C) groups is 2. The molecule has 0 aromatic carbocycles. The zero-order valence-electron chi connectivity index (χ0n) is 47.6. The van der Waals surface area contributed by atoms with Crippen LogP contribution >= 0.6 is 0 Å². The van der Waals surface area contributed by atoms with E-state index in [1.807, 2.05) is 0 Å². The highest BCUT2D eigenvalue weighted by molar-refractivity contribution is 5.98. The van der Waals surface area contributed by atoms with Gasteiger partial charge in [-0.15, -0.1) is 0 Å². The fourth-order valence-electron chi connectivity index (χ4n) is 7.56. The molecule has 0 saturated heterocycles. The number of carbonyl (C=O) groups excluding carboxylic acids is 10. The first-order chi connectivity index (χ1) is 38.0. The second-order valence-corrected chi connectivity index (χ2v) is 20.0. The van der Waals surface area contributed by atoms with Crippen LogP contribution < -0.4 is 93.7 Å². The highest BCUT2D eigenvalue weighted by Gasteiger charge is 2.36. The maximum Gasteiger partial charge on any atom is 0.325 e. The lowest BCUT2D eigenvalue weighted by molar-refractivity contribution is -0.142. The summed E-state index contributed by atoms with van der Waals surface area (Å²) in [5.74, 6) is -11.4. The van der Waals surface area contributed by atoms with E-state index in [0.29, 0.717) is 38.6 Å². The summed E-state index contributed by atoms with van der Waals surface area (Å²) in [7, 11) is 0. The number of nitrogens with two attached hydrogens (primary N) is 8. The van der Waals surface area contributed by atoms with Crippen molar-refractivity contribution in [2.24, 2.45) is 67.7 Å². The molecule has 462 valence electrons. The van der Waals surface area contributed by atoms with Crippen LogP contribution in [-0.4, -0.2) is 180 Å². The van der Waals surface area contributed by atoms with E-state index < -0.39 is 144 Å². The van der Waals surface area contributed by atoms with Crippen molar-refractivity contribution in [3.63, 3.8) is 0 Å². The minimum atomic E-state index is -1.60. The number of nitrogens with zero attached hydrogens (tertiary/aromatic N) is 2. The zero-order valence-corrected chi connectivity index (χ0v) is 47.6. The van der Waals surface area contributed by atoms with E-state index in [-0.39, 0.29) is 82.9 Å². The summed E-state index contributed by atoms with van der Waals surface area (Å²) < 4.78 is 0. The summed E-state index contributed by atoms with van der Waals surface area (Å²) >= 11 is 0. The molecule has 27 N–H and O–H groups in total. The number of carboxylic acids is 1. The van der Waals surface area contributed by atoms with Gasteiger partial charge in [0.2, 0.25) is 59.1 Å². The fraction of sp³-hybridized carbons (Fsp3) is 0.735. The van der Waals surface area contributed by atoms with Gasteiger partial charge < -0.3 is 104 Å². The van der Waals surface area contributed by atoms with Gasteiger partial charge in [-0.05, 0) is 109 Å². The van der Waals surface area contributed by atoms with Crippen LogP contribution in [0.4, 0.5) is 0 Å². The minimum absolute atomic E-state index is 0.0143. The second-order valence-electron chi connectivity index (χ2n) is 20.0. The van der Waals surface area contributed by atoms with Crippen LogP contribution in [0.15, 0.2) is 9.98 Å². The van der Waals surface area contributed by atoms with Crippen molar-refractivity contribution < 1.29 is 63.0 Å². The molecule has 0 rings (SSSR count). The van der Waals surface area contributed by atoms with Crippen molar-refractivity contribution in [2.45, 2.75) is 185 Å². The fourth-order valence-corrected chi connectivity index (χ4v) is 7.56.